The summed E-state index contributed by atoms with van der Waals surface area (Å²) in [5.41, 5.74) is 3.89. The number of rotatable bonds is 10. The van der Waals surface area contributed by atoms with Crippen LogP contribution >= 0.6 is 11.3 Å². The molecule has 3 rings (SSSR count). The van der Waals surface area contributed by atoms with Crippen LogP contribution in [0, 0.1) is 0 Å². The molecule has 0 fully saturated rings. The highest BCUT2D eigenvalue weighted by Gasteiger charge is 2.19. The minimum absolute atomic E-state index is 0.219. The Bertz CT molecular complexity index is 1420. The Morgan fingerprint density at radius 3 is 1.94 bits per heavy atom. The highest BCUT2D eigenvalue weighted by Crippen LogP contribution is 2.37. The van der Waals surface area contributed by atoms with Crippen molar-refractivity contribution < 1.29 is 35.5 Å². The smallest absolute Gasteiger partial charge is 0.269 e. The Kier molecular flexibility index (Phi) is 8.04. The molecule has 188 valence electrons. The predicted molar refractivity (Wildman–Crippen MR) is 130 cm³/mol. The first-order valence-corrected chi connectivity index (χ1v) is 13.9. The fourth-order valence-electron chi connectivity index (χ4n) is 3.10. The summed E-state index contributed by atoms with van der Waals surface area (Å²) >= 11 is 1.39. The predicted octanol–water partition coefficient (Wildman–Crippen LogP) is 0.484. The molecule has 0 bridgehead atoms. The number of nitrogen functional groups attached to an aromatic ring is 1. The number of thiophene rings is 1. The molecule has 0 saturated heterocycles. The zero-order valence-electron chi connectivity index (χ0n) is 17.9. The molecule has 0 spiro atoms. The Morgan fingerprint density at radius 2 is 1.46 bits per heavy atom. The molecule has 13 nitrogen and oxygen atoms in total. The van der Waals surface area contributed by atoms with E-state index < -0.39 is 56.6 Å². The number of pyridine rings is 1. The van der Waals surface area contributed by atoms with Crippen molar-refractivity contribution in [2.24, 2.45) is 5.84 Å². The van der Waals surface area contributed by atoms with Crippen LogP contribution < -0.4 is 21.9 Å². The average Bonchev–Trinajstić information content (AvgIpc) is 3.26. The fourth-order valence-corrected chi connectivity index (χ4v) is 4.78. The molecule has 0 unspecified atom stereocenters. The highest BCUT2D eigenvalue weighted by atomic mass is 32.2. The number of anilines is 1. The van der Waals surface area contributed by atoms with Gasteiger partial charge in [0.1, 0.15) is 11.4 Å². The summed E-state index contributed by atoms with van der Waals surface area (Å²) in [6, 6.07) is 8.08. The fraction of sp³-hybridized carbons (Fsp3) is 0.211. The van der Waals surface area contributed by atoms with E-state index in [0.717, 1.165) is 10.1 Å². The van der Waals surface area contributed by atoms with Gasteiger partial charge in [-0.15, -0.1) is 11.3 Å². The van der Waals surface area contributed by atoms with Gasteiger partial charge in [-0.3, -0.25) is 24.5 Å². The highest BCUT2D eigenvalue weighted by molar-refractivity contribution is 7.86. The second-order valence-electron chi connectivity index (χ2n) is 7.18. The summed E-state index contributed by atoms with van der Waals surface area (Å²) in [6.45, 7) is -0.795. The number of nitrogens with zero attached hydrogens (tertiary/aromatic N) is 1. The van der Waals surface area contributed by atoms with Crippen LogP contribution in [0.5, 0.6) is 0 Å². The lowest BCUT2D eigenvalue weighted by Crippen LogP contribution is -2.32. The summed E-state index contributed by atoms with van der Waals surface area (Å²) in [4.78, 5) is 29.3. The van der Waals surface area contributed by atoms with Gasteiger partial charge < -0.3 is 16.1 Å². The summed E-state index contributed by atoms with van der Waals surface area (Å²) in [6.07, 6.45) is 0. The monoisotopic (exact) mass is 543 g/mol. The van der Waals surface area contributed by atoms with Crippen molar-refractivity contribution in [2.75, 3.05) is 30.0 Å². The number of carbonyl (C=O) groups excluding carboxylic acids is 2. The molecule has 2 heterocycles. The van der Waals surface area contributed by atoms with E-state index in [1.807, 2.05) is 11.4 Å². The first-order valence-electron chi connectivity index (χ1n) is 9.84. The van der Waals surface area contributed by atoms with Gasteiger partial charge in [-0.25, -0.2) is 4.98 Å². The third-order valence-electron chi connectivity index (χ3n) is 4.66. The molecule has 7 N–H and O–H groups in total. The van der Waals surface area contributed by atoms with E-state index in [1.54, 1.807) is 12.1 Å². The van der Waals surface area contributed by atoms with Crippen LogP contribution in [0.3, 0.4) is 0 Å². The second-order valence-corrected chi connectivity index (χ2v) is 11.2. The van der Waals surface area contributed by atoms with Gasteiger partial charge in [0.05, 0.1) is 17.2 Å². The number of hydrazine groups is 1. The molecule has 0 aliphatic heterocycles. The maximum atomic E-state index is 12.6. The Balaban J connectivity index is 2.01. The number of nitrogens with two attached hydrogens (primary N) is 1. The molecule has 35 heavy (non-hydrogen) atoms. The van der Waals surface area contributed by atoms with Crippen LogP contribution in [0.2, 0.25) is 0 Å². The average molecular weight is 544 g/mol. The van der Waals surface area contributed by atoms with Crippen LogP contribution in [0.25, 0.3) is 21.2 Å². The lowest BCUT2D eigenvalue weighted by atomic mass is 10.0. The van der Waals surface area contributed by atoms with E-state index in [0.29, 0.717) is 16.8 Å². The lowest BCUT2D eigenvalue weighted by Gasteiger charge is -2.12. The van der Waals surface area contributed by atoms with Gasteiger partial charge in [0.25, 0.3) is 32.1 Å². The maximum Gasteiger partial charge on any atom is 0.269 e. The molecule has 3 aromatic rings. The van der Waals surface area contributed by atoms with E-state index in [-0.39, 0.29) is 11.4 Å². The van der Waals surface area contributed by atoms with E-state index in [4.69, 9.17) is 14.9 Å². The lowest BCUT2D eigenvalue weighted by molar-refractivity contribution is 0.0947. The van der Waals surface area contributed by atoms with Crippen LogP contribution in [0.4, 0.5) is 5.69 Å². The third-order valence-corrected chi connectivity index (χ3v) is 7.05. The first-order chi connectivity index (χ1) is 16.4. The Labute approximate surface area is 204 Å². The number of amides is 2. The Hall–Kier alpha value is -3.15. The standard InChI is InChI=1S/C19H21N5O8S3/c20-24-14-2-1-12(17-13(14)3-6-33-17)11-9-15(18(25)21-4-7-34(27,28)29)23-16(10-11)19(26)22-5-8-35(30,31)32/h1-3,6,9-10,24H,4-5,7-8,20H2,(H,21,25)(H,22,26)(H,27,28,29)(H,30,31,32). The normalized spacial score (nSPS) is 11.9. The maximum absolute atomic E-state index is 12.6. The van der Waals surface area contributed by atoms with E-state index in [1.165, 1.54) is 23.5 Å². The van der Waals surface area contributed by atoms with Crippen LogP contribution in [-0.4, -0.2) is 67.3 Å². The van der Waals surface area contributed by atoms with E-state index in [2.05, 4.69) is 21.0 Å². The minimum atomic E-state index is -4.31. The number of nitrogens with one attached hydrogen (secondary N) is 3. The van der Waals surface area contributed by atoms with Crippen molar-refractivity contribution >= 4 is 59.2 Å². The molecular weight excluding hydrogens is 522 g/mol. The van der Waals surface area contributed by atoms with Gasteiger partial charge >= 0.3 is 0 Å². The molecule has 0 aliphatic carbocycles. The minimum Gasteiger partial charge on any atom is -0.350 e. The van der Waals surface area contributed by atoms with Crippen molar-refractivity contribution in [1.82, 2.24) is 15.6 Å². The molecule has 16 heteroatoms. The SMILES string of the molecule is NNc1ccc(-c2cc(C(=O)NCCS(=O)(=O)O)nc(C(=O)NCCS(=O)(=O)O)c2)c2sccc12. The third kappa shape index (κ3) is 7.17. The van der Waals surface area contributed by atoms with Gasteiger partial charge in [-0.1, -0.05) is 6.07 Å². The second kappa shape index (κ2) is 10.6. The quantitative estimate of drug-likeness (QED) is 0.117. The van der Waals surface area contributed by atoms with Gasteiger partial charge in [0, 0.05) is 23.2 Å². The van der Waals surface area contributed by atoms with E-state index in [9.17, 15) is 26.4 Å². The van der Waals surface area contributed by atoms with Gasteiger partial charge in [-0.2, -0.15) is 16.8 Å². The van der Waals surface area contributed by atoms with Crippen molar-refractivity contribution in [3.63, 3.8) is 0 Å². The molecule has 0 radical (unpaired) electrons. The summed E-state index contributed by atoms with van der Waals surface area (Å²) in [5, 5.41) is 7.24. The van der Waals surface area contributed by atoms with E-state index >= 15 is 0 Å². The molecule has 2 amide bonds. The molecule has 0 saturated carbocycles. The summed E-state index contributed by atoms with van der Waals surface area (Å²) in [5.74, 6) is 2.53. The summed E-state index contributed by atoms with van der Waals surface area (Å²) < 4.78 is 62.2. The largest absolute Gasteiger partial charge is 0.350 e. The number of carbonyl (C=O) groups is 2. The van der Waals surface area contributed by atoms with Gasteiger partial charge in [0.15, 0.2) is 0 Å². The first kappa shape index (κ1) is 26.5. The number of hydrogen-bond donors (Lipinski definition) is 6. The number of hydrogen-bond acceptors (Lipinski definition) is 10. The number of benzene rings is 1. The molecule has 0 atom stereocenters. The Morgan fingerprint density at radius 1 is 0.914 bits per heavy atom. The topological polar surface area (TPSA) is 218 Å². The molecule has 0 aliphatic rings. The zero-order chi connectivity index (χ0) is 25.8. The summed E-state index contributed by atoms with van der Waals surface area (Å²) in [7, 11) is -8.61. The van der Waals surface area contributed by atoms with Crippen molar-refractivity contribution in [3.8, 4) is 11.1 Å². The van der Waals surface area contributed by atoms with Crippen molar-refractivity contribution in [3.05, 3.63) is 47.1 Å². The number of aromatic nitrogens is 1. The van der Waals surface area contributed by atoms with Crippen LogP contribution in [-0.2, 0) is 20.2 Å². The van der Waals surface area contributed by atoms with Crippen LogP contribution in [0.1, 0.15) is 21.0 Å². The zero-order valence-corrected chi connectivity index (χ0v) is 20.3. The van der Waals surface area contributed by atoms with Crippen molar-refractivity contribution in [2.45, 2.75) is 0 Å². The number of fused-ring (bicyclic) bond motifs is 1. The van der Waals surface area contributed by atoms with Gasteiger partial charge in [0.2, 0.25) is 0 Å². The molecular formula is C19H21N5O8S3. The molecule has 1 aromatic carbocycles. The molecule has 2 aromatic heterocycles. The van der Waals surface area contributed by atoms with Crippen LogP contribution in [0.15, 0.2) is 35.7 Å². The van der Waals surface area contributed by atoms with Crippen molar-refractivity contribution in [1.29, 1.82) is 0 Å². The van der Waals surface area contributed by atoms with Gasteiger partial charge in [-0.05, 0) is 40.8 Å².